The van der Waals surface area contributed by atoms with Gasteiger partial charge in [-0.2, -0.15) is 0 Å². The molecule has 2 aliphatic rings. The van der Waals surface area contributed by atoms with E-state index in [4.69, 9.17) is 10.0 Å². The lowest BCUT2D eigenvalue weighted by Gasteiger charge is -1.58. The topological polar surface area (TPSA) is 57.5 Å². The molecular formula is C7H6BO3. The van der Waals surface area contributed by atoms with Crippen LogP contribution in [0.15, 0.2) is 18.2 Å². The summed E-state index contributed by atoms with van der Waals surface area (Å²) in [5.74, 6) is 0. The van der Waals surface area contributed by atoms with Gasteiger partial charge in [-0.3, -0.25) is 4.79 Å². The van der Waals surface area contributed by atoms with Crippen LogP contribution in [0.3, 0.4) is 0 Å². The van der Waals surface area contributed by atoms with Gasteiger partial charge in [0.2, 0.25) is 0 Å². The Labute approximate surface area is 64.6 Å². The van der Waals surface area contributed by atoms with E-state index in [2.05, 4.69) is 0 Å². The van der Waals surface area contributed by atoms with Gasteiger partial charge in [-0.25, -0.2) is 0 Å². The maximum atomic E-state index is 10.0. The number of rotatable bonds is 1. The molecule has 0 aromatic carbocycles. The predicted molar refractivity (Wildman–Crippen MR) is 41.0 cm³/mol. The zero-order chi connectivity index (χ0) is 8.27. The van der Waals surface area contributed by atoms with Crippen molar-refractivity contribution in [3.05, 3.63) is 23.8 Å². The van der Waals surface area contributed by atoms with E-state index < -0.39 is 0 Å². The summed E-state index contributed by atoms with van der Waals surface area (Å²) in [6, 6.07) is 5.87. The van der Waals surface area contributed by atoms with Gasteiger partial charge in [0.25, 0.3) is 0 Å². The fraction of sp³-hybridized carbons (Fsp3) is 0. The van der Waals surface area contributed by atoms with Crippen molar-refractivity contribution in [1.29, 1.82) is 0 Å². The second kappa shape index (κ2) is 3.32. The van der Waals surface area contributed by atoms with Crippen molar-refractivity contribution >= 4 is 14.0 Å². The van der Waals surface area contributed by atoms with Gasteiger partial charge in [0.1, 0.15) is 0 Å². The van der Waals surface area contributed by atoms with Crippen LogP contribution in [0, 0.1) is 0 Å². The summed E-state index contributed by atoms with van der Waals surface area (Å²) in [6.45, 7) is 0. The Kier molecular flexibility index (Phi) is 2.41. The maximum absolute atomic E-state index is 10.0. The molecule has 55 valence electrons. The van der Waals surface area contributed by atoms with Crippen LogP contribution in [0.4, 0.5) is 0 Å². The molecule has 11 heavy (non-hydrogen) atoms. The zero-order valence-electron chi connectivity index (χ0n) is 5.69. The smallest absolute Gasteiger partial charge is 0.429 e. The highest BCUT2D eigenvalue weighted by atomic mass is 16.4. The molecular weight excluding hydrogens is 143 g/mol. The fourth-order valence-electron chi connectivity index (χ4n) is 0.960. The molecule has 0 unspecified atom stereocenters. The third-order valence-corrected chi connectivity index (χ3v) is 1.45. The van der Waals surface area contributed by atoms with E-state index in [1.54, 1.807) is 0 Å². The number of fused-ring (bicyclic) bond motifs is 1. The van der Waals surface area contributed by atoms with Gasteiger partial charge in [-0.05, 0) is 11.1 Å². The Hall–Kier alpha value is -1.13. The number of aldehydes is 1. The van der Waals surface area contributed by atoms with Gasteiger partial charge in [0.05, 0.1) is 0 Å². The van der Waals surface area contributed by atoms with Crippen molar-refractivity contribution in [2.24, 2.45) is 0 Å². The molecule has 3 nitrogen and oxygen atoms in total. The van der Waals surface area contributed by atoms with Crippen molar-refractivity contribution in [2.75, 3.05) is 0 Å². The van der Waals surface area contributed by atoms with Gasteiger partial charge in [-0.1, -0.05) is 18.2 Å². The zero-order valence-corrected chi connectivity index (χ0v) is 5.69. The van der Waals surface area contributed by atoms with E-state index in [1.165, 1.54) is 0 Å². The summed E-state index contributed by atoms with van der Waals surface area (Å²) < 4.78 is 0. The molecule has 0 aliphatic heterocycles. The molecule has 0 saturated heterocycles. The highest BCUT2D eigenvalue weighted by Gasteiger charge is 2.21. The largest absolute Gasteiger partial charge is 0.482 e. The number of carbonyl (C=O) groups excluding carboxylic acids is 1. The Morgan fingerprint density at radius 1 is 1.27 bits per heavy atom. The first kappa shape index (κ1) is 7.98. The van der Waals surface area contributed by atoms with E-state index in [0.717, 1.165) is 23.0 Å². The van der Waals surface area contributed by atoms with Crippen molar-refractivity contribution < 1.29 is 14.8 Å². The number of carbonyl (C=O) groups is 1. The Morgan fingerprint density at radius 2 is 1.73 bits per heavy atom. The molecule has 2 rings (SSSR count). The van der Waals surface area contributed by atoms with Crippen LogP contribution in [0.1, 0.15) is 10.4 Å². The molecule has 0 aromatic rings. The average Bonchev–Trinajstić information content (AvgIpc) is 2.43. The molecule has 2 N–H and O–H groups in total. The fourth-order valence-corrected chi connectivity index (χ4v) is 0.960. The monoisotopic (exact) mass is 149 g/mol. The highest BCUT2D eigenvalue weighted by Crippen LogP contribution is 2.40. The SMILES string of the molecule is O=Cc1c2cccc1-2.O[B]O. The summed E-state index contributed by atoms with van der Waals surface area (Å²) in [7, 11) is 0. The second-order valence-corrected chi connectivity index (χ2v) is 2.00. The lowest BCUT2D eigenvalue weighted by atomic mass is 10.5. The summed E-state index contributed by atoms with van der Waals surface area (Å²) in [5, 5.41) is 14.0. The van der Waals surface area contributed by atoms with E-state index >= 15 is 0 Å². The van der Waals surface area contributed by atoms with E-state index in [1.807, 2.05) is 18.2 Å². The molecule has 4 heteroatoms. The Balaban J connectivity index is 0.000000179. The highest BCUT2D eigenvalue weighted by molar-refractivity contribution is 6.13. The average molecular weight is 149 g/mol. The third-order valence-electron chi connectivity index (χ3n) is 1.45. The Morgan fingerprint density at radius 3 is 2.00 bits per heavy atom. The maximum Gasteiger partial charge on any atom is 0.482 e. The van der Waals surface area contributed by atoms with Crippen molar-refractivity contribution in [2.45, 2.75) is 0 Å². The molecule has 0 spiro atoms. The van der Waals surface area contributed by atoms with Crippen LogP contribution >= 0.6 is 0 Å². The molecule has 0 bridgehead atoms. The molecule has 0 saturated carbocycles. The van der Waals surface area contributed by atoms with Crippen molar-refractivity contribution in [3.63, 3.8) is 0 Å². The number of hydrogen-bond donors (Lipinski definition) is 2. The van der Waals surface area contributed by atoms with E-state index in [9.17, 15) is 4.79 Å². The molecule has 1 radical (unpaired) electrons. The van der Waals surface area contributed by atoms with Crippen LogP contribution in [0.5, 0.6) is 0 Å². The molecule has 0 aromatic heterocycles. The first-order chi connectivity index (χ1) is 5.35. The van der Waals surface area contributed by atoms with Crippen LogP contribution in [-0.4, -0.2) is 24.0 Å². The van der Waals surface area contributed by atoms with Crippen molar-refractivity contribution in [1.82, 2.24) is 0 Å². The second-order valence-electron chi connectivity index (χ2n) is 2.00. The van der Waals surface area contributed by atoms with Crippen LogP contribution in [0.25, 0.3) is 11.1 Å². The van der Waals surface area contributed by atoms with Gasteiger partial charge in [-0.15, -0.1) is 0 Å². The number of benzene rings is 1. The molecule has 0 amide bonds. The lowest BCUT2D eigenvalue weighted by Crippen LogP contribution is -1.75. The number of hydrogen-bond acceptors (Lipinski definition) is 3. The first-order valence-electron chi connectivity index (χ1n) is 3.03. The van der Waals surface area contributed by atoms with Crippen LogP contribution in [0.2, 0.25) is 0 Å². The van der Waals surface area contributed by atoms with Gasteiger partial charge in [0.15, 0.2) is 6.29 Å². The third kappa shape index (κ3) is 1.47. The minimum atomic E-state index is 0. The summed E-state index contributed by atoms with van der Waals surface area (Å²) in [5.41, 5.74) is 3.17. The lowest BCUT2D eigenvalue weighted by molar-refractivity contribution is 0.112. The predicted octanol–water partition coefficient (Wildman–Crippen LogP) is -0.0153. The summed E-state index contributed by atoms with van der Waals surface area (Å²) in [6.07, 6.45) is 0.907. The van der Waals surface area contributed by atoms with Crippen molar-refractivity contribution in [3.8, 4) is 11.1 Å². The summed E-state index contributed by atoms with van der Waals surface area (Å²) in [4.78, 5) is 10.0. The first-order valence-corrected chi connectivity index (χ1v) is 3.03. The minimum Gasteiger partial charge on any atom is -0.429 e. The van der Waals surface area contributed by atoms with Crippen LogP contribution in [-0.2, 0) is 0 Å². The van der Waals surface area contributed by atoms with Gasteiger partial charge < -0.3 is 10.0 Å². The van der Waals surface area contributed by atoms with Crippen LogP contribution < -0.4 is 0 Å². The molecule has 2 aliphatic carbocycles. The molecule has 0 heterocycles. The quantitative estimate of drug-likeness (QED) is 0.442. The molecule has 0 fully saturated rings. The van der Waals surface area contributed by atoms with Gasteiger partial charge >= 0.3 is 7.69 Å². The standard InChI is InChI=1S/C7H4O.BH2O2/c8-4-7-5-2-1-3-6(5)7;2-1-3/h1-4H;2-3H. The molecule has 0 atom stereocenters. The van der Waals surface area contributed by atoms with Gasteiger partial charge in [0, 0.05) is 5.56 Å². The van der Waals surface area contributed by atoms with E-state index in [0.29, 0.717) is 0 Å². The normalized spacial score (nSPS) is 9.27. The summed E-state index contributed by atoms with van der Waals surface area (Å²) >= 11 is 0. The minimum absolute atomic E-state index is 0. The Bertz CT molecular complexity index is 252. The van der Waals surface area contributed by atoms with E-state index in [-0.39, 0.29) is 7.69 Å².